The van der Waals surface area contributed by atoms with Crippen molar-refractivity contribution in [1.29, 1.82) is 0 Å². The summed E-state index contributed by atoms with van der Waals surface area (Å²) in [5.41, 5.74) is 0.634. The molecule has 1 aliphatic heterocycles. The minimum atomic E-state index is -0.0543. The second kappa shape index (κ2) is 8.76. The second-order valence-corrected chi connectivity index (χ2v) is 5.89. The van der Waals surface area contributed by atoms with E-state index in [0.717, 1.165) is 38.2 Å². The molecule has 122 valence electrons. The minimum absolute atomic E-state index is 0.0543. The second-order valence-electron chi connectivity index (χ2n) is 5.89. The van der Waals surface area contributed by atoms with Gasteiger partial charge in [0.05, 0.1) is 6.10 Å². The maximum absolute atomic E-state index is 12.1. The lowest BCUT2D eigenvalue weighted by atomic mass is 10.2. The van der Waals surface area contributed by atoms with E-state index in [2.05, 4.69) is 10.2 Å². The number of amides is 1. The Hall–Kier alpha value is -1.59. The van der Waals surface area contributed by atoms with Gasteiger partial charge in [-0.15, -0.1) is 0 Å². The van der Waals surface area contributed by atoms with E-state index >= 15 is 0 Å². The predicted octanol–water partition coefficient (Wildman–Crippen LogP) is 1.93. The number of carbonyl (C=O) groups excluding carboxylic acids is 1. The number of benzene rings is 1. The minimum Gasteiger partial charge on any atom is -0.491 e. The van der Waals surface area contributed by atoms with Gasteiger partial charge in [-0.25, -0.2) is 0 Å². The number of carbonyl (C=O) groups is 1. The van der Waals surface area contributed by atoms with E-state index < -0.39 is 0 Å². The van der Waals surface area contributed by atoms with Crippen LogP contribution in [0.15, 0.2) is 24.3 Å². The molecule has 0 radical (unpaired) electrons. The third-order valence-corrected chi connectivity index (χ3v) is 3.62. The Balaban J connectivity index is 1.78. The standard InChI is InChI=1S/C17H26N2O3/c1-19(2)10-5-9-18-17(20)14-6-3-7-15(12-14)22-13-16-8-4-11-21-16/h3,6-7,12,16H,4-5,8-11,13H2,1-2H3,(H,18,20). The molecule has 1 aromatic rings. The van der Waals surface area contributed by atoms with Crippen LogP contribution < -0.4 is 10.1 Å². The van der Waals surface area contributed by atoms with Gasteiger partial charge in [0.2, 0.25) is 0 Å². The molecule has 1 aliphatic rings. The van der Waals surface area contributed by atoms with Gasteiger partial charge in [-0.1, -0.05) is 6.07 Å². The summed E-state index contributed by atoms with van der Waals surface area (Å²) >= 11 is 0. The van der Waals surface area contributed by atoms with E-state index in [0.29, 0.717) is 18.7 Å². The summed E-state index contributed by atoms with van der Waals surface area (Å²) in [7, 11) is 4.05. The van der Waals surface area contributed by atoms with Crippen molar-refractivity contribution in [2.75, 3.05) is 40.4 Å². The first kappa shape index (κ1) is 16.8. The number of rotatable bonds is 8. The molecule has 1 fully saturated rings. The number of nitrogens with one attached hydrogen (secondary N) is 1. The van der Waals surface area contributed by atoms with Gasteiger partial charge in [0, 0.05) is 18.7 Å². The summed E-state index contributed by atoms with van der Waals surface area (Å²) in [4.78, 5) is 14.2. The molecule has 1 atom stereocenters. The molecular formula is C17H26N2O3. The molecule has 5 heteroatoms. The van der Waals surface area contributed by atoms with E-state index in [1.165, 1.54) is 0 Å². The molecule has 0 bridgehead atoms. The van der Waals surface area contributed by atoms with Crippen LogP contribution in [0.5, 0.6) is 5.75 Å². The van der Waals surface area contributed by atoms with Crippen molar-refractivity contribution >= 4 is 5.91 Å². The van der Waals surface area contributed by atoms with Crippen LogP contribution in [0, 0.1) is 0 Å². The monoisotopic (exact) mass is 306 g/mol. The zero-order chi connectivity index (χ0) is 15.8. The highest BCUT2D eigenvalue weighted by Crippen LogP contribution is 2.17. The fourth-order valence-corrected chi connectivity index (χ4v) is 2.39. The summed E-state index contributed by atoms with van der Waals surface area (Å²) in [5.74, 6) is 0.665. The van der Waals surface area contributed by atoms with E-state index in [1.54, 1.807) is 12.1 Å². The molecule has 1 saturated heterocycles. The fourth-order valence-electron chi connectivity index (χ4n) is 2.39. The van der Waals surface area contributed by atoms with Crippen molar-refractivity contribution in [3.63, 3.8) is 0 Å². The highest BCUT2D eigenvalue weighted by atomic mass is 16.5. The van der Waals surface area contributed by atoms with Crippen molar-refractivity contribution in [3.05, 3.63) is 29.8 Å². The van der Waals surface area contributed by atoms with Gasteiger partial charge in [0.15, 0.2) is 0 Å². The highest BCUT2D eigenvalue weighted by molar-refractivity contribution is 5.94. The Labute approximate surface area is 132 Å². The maximum Gasteiger partial charge on any atom is 0.251 e. The number of hydrogen-bond donors (Lipinski definition) is 1. The van der Waals surface area contributed by atoms with Gasteiger partial charge in [-0.2, -0.15) is 0 Å². The number of nitrogens with zero attached hydrogens (tertiary/aromatic N) is 1. The van der Waals surface area contributed by atoms with Crippen LogP contribution in [0.3, 0.4) is 0 Å². The van der Waals surface area contributed by atoms with Gasteiger partial charge in [0.25, 0.3) is 5.91 Å². The Morgan fingerprint density at radius 2 is 2.32 bits per heavy atom. The van der Waals surface area contributed by atoms with E-state index in [1.807, 2.05) is 26.2 Å². The van der Waals surface area contributed by atoms with Crippen LogP contribution in [0.1, 0.15) is 29.6 Å². The zero-order valence-electron chi connectivity index (χ0n) is 13.5. The van der Waals surface area contributed by atoms with Crippen LogP contribution in [-0.4, -0.2) is 57.3 Å². The molecule has 1 aromatic carbocycles. The molecule has 1 N–H and O–H groups in total. The lowest BCUT2D eigenvalue weighted by Gasteiger charge is -2.12. The SMILES string of the molecule is CN(C)CCCNC(=O)c1cccc(OCC2CCCO2)c1. The third-order valence-electron chi connectivity index (χ3n) is 3.62. The van der Waals surface area contributed by atoms with Gasteiger partial charge in [-0.05, 0) is 58.1 Å². The smallest absolute Gasteiger partial charge is 0.251 e. The van der Waals surface area contributed by atoms with Crippen molar-refractivity contribution in [3.8, 4) is 5.75 Å². The highest BCUT2D eigenvalue weighted by Gasteiger charge is 2.16. The maximum atomic E-state index is 12.1. The Bertz CT molecular complexity index is 471. The van der Waals surface area contributed by atoms with Crippen molar-refractivity contribution in [2.45, 2.75) is 25.4 Å². The molecule has 2 rings (SSSR count). The van der Waals surface area contributed by atoms with E-state index in [9.17, 15) is 4.79 Å². The fraction of sp³-hybridized carbons (Fsp3) is 0.588. The topological polar surface area (TPSA) is 50.8 Å². The van der Waals surface area contributed by atoms with Crippen molar-refractivity contribution < 1.29 is 14.3 Å². The first-order chi connectivity index (χ1) is 10.6. The molecule has 0 aliphatic carbocycles. The molecule has 0 saturated carbocycles. The molecule has 0 spiro atoms. The zero-order valence-corrected chi connectivity index (χ0v) is 13.5. The molecule has 22 heavy (non-hydrogen) atoms. The summed E-state index contributed by atoms with van der Waals surface area (Å²) in [6, 6.07) is 7.31. The first-order valence-electron chi connectivity index (χ1n) is 7.92. The van der Waals surface area contributed by atoms with Crippen LogP contribution in [0.2, 0.25) is 0 Å². The van der Waals surface area contributed by atoms with Crippen molar-refractivity contribution in [1.82, 2.24) is 10.2 Å². The lowest BCUT2D eigenvalue weighted by molar-refractivity contribution is 0.0679. The molecule has 0 aromatic heterocycles. The van der Waals surface area contributed by atoms with E-state index in [-0.39, 0.29) is 12.0 Å². The largest absolute Gasteiger partial charge is 0.491 e. The summed E-state index contributed by atoms with van der Waals surface area (Å²) < 4.78 is 11.3. The number of ether oxygens (including phenoxy) is 2. The lowest BCUT2D eigenvalue weighted by Crippen LogP contribution is -2.27. The Morgan fingerprint density at radius 1 is 1.45 bits per heavy atom. The molecular weight excluding hydrogens is 280 g/mol. The van der Waals surface area contributed by atoms with Crippen LogP contribution in [-0.2, 0) is 4.74 Å². The van der Waals surface area contributed by atoms with Crippen LogP contribution >= 0.6 is 0 Å². The number of hydrogen-bond acceptors (Lipinski definition) is 4. The Morgan fingerprint density at radius 3 is 3.05 bits per heavy atom. The summed E-state index contributed by atoms with van der Waals surface area (Å²) in [5, 5.41) is 2.93. The Kier molecular flexibility index (Phi) is 6.68. The molecule has 1 heterocycles. The van der Waals surface area contributed by atoms with Gasteiger partial charge in [-0.3, -0.25) is 4.79 Å². The predicted molar refractivity (Wildman–Crippen MR) is 86.4 cm³/mol. The van der Waals surface area contributed by atoms with E-state index in [4.69, 9.17) is 9.47 Å². The summed E-state index contributed by atoms with van der Waals surface area (Å²) in [6.07, 6.45) is 3.27. The summed E-state index contributed by atoms with van der Waals surface area (Å²) in [6.45, 7) is 3.01. The normalized spacial score (nSPS) is 17.7. The van der Waals surface area contributed by atoms with Gasteiger partial charge in [0.1, 0.15) is 12.4 Å². The average molecular weight is 306 g/mol. The first-order valence-corrected chi connectivity index (χ1v) is 7.92. The third kappa shape index (κ3) is 5.66. The van der Waals surface area contributed by atoms with Crippen molar-refractivity contribution in [2.24, 2.45) is 0 Å². The van der Waals surface area contributed by atoms with Crippen LogP contribution in [0.4, 0.5) is 0 Å². The molecule has 5 nitrogen and oxygen atoms in total. The molecule has 1 amide bonds. The van der Waals surface area contributed by atoms with Gasteiger partial charge >= 0.3 is 0 Å². The average Bonchev–Trinajstić information content (AvgIpc) is 3.03. The van der Waals surface area contributed by atoms with Gasteiger partial charge < -0.3 is 19.7 Å². The quantitative estimate of drug-likeness (QED) is 0.746. The molecule has 1 unspecified atom stereocenters. The van der Waals surface area contributed by atoms with Crippen LogP contribution in [0.25, 0.3) is 0 Å².